The van der Waals surface area contributed by atoms with Gasteiger partial charge in [0.2, 0.25) is 0 Å². The Morgan fingerprint density at radius 2 is 2.07 bits per heavy atom. The molecule has 1 saturated carbocycles. The molecule has 2 aromatic carbocycles. The number of fused-ring (bicyclic) bond motifs is 1. The van der Waals surface area contributed by atoms with Crippen LogP contribution in [-0.2, 0) is 6.54 Å². The highest BCUT2D eigenvalue weighted by atomic mass is 16.5. The van der Waals surface area contributed by atoms with Crippen LogP contribution in [0.5, 0.6) is 5.75 Å². The first-order valence-electron chi connectivity index (χ1n) is 9.53. The summed E-state index contributed by atoms with van der Waals surface area (Å²) in [6.45, 7) is 0.626. The first-order chi connectivity index (χ1) is 14.2. The fourth-order valence-corrected chi connectivity index (χ4v) is 3.66. The molecular formula is C22H20N4O3. The molecule has 0 saturated heterocycles. The third-order valence-corrected chi connectivity index (χ3v) is 5.28. The van der Waals surface area contributed by atoms with E-state index in [1.165, 1.54) is 11.6 Å². The van der Waals surface area contributed by atoms with Gasteiger partial charge in [-0.2, -0.15) is 0 Å². The lowest BCUT2D eigenvalue weighted by Gasteiger charge is -2.06. The van der Waals surface area contributed by atoms with E-state index in [1.54, 1.807) is 17.9 Å². The second-order valence-electron chi connectivity index (χ2n) is 7.21. The van der Waals surface area contributed by atoms with Gasteiger partial charge in [0.15, 0.2) is 0 Å². The molecule has 1 aliphatic rings. The molecule has 1 N–H and O–H groups in total. The molecule has 0 aliphatic heterocycles. The van der Waals surface area contributed by atoms with E-state index in [0.717, 1.165) is 17.5 Å². The van der Waals surface area contributed by atoms with E-state index in [4.69, 9.17) is 9.15 Å². The largest absolute Gasteiger partial charge is 0.497 e. The molecule has 2 heterocycles. The van der Waals surface area contributed by atoms with E-state index in [1.807, 2.05) is 24.4 Å². The number of nitrogens with zero attached hydrogens (tertiary/aromatic N) is 3. The van der Waals surface area contributed by atoms with Crippen molar-refractivity contribution in [1.29, 1.82) is 0 Å². The Labute approximate surface area is 166 Å². The van der Waals surface area contributed by atoms with E-state index in [-0.39, 0.29) is 0 Å². The average molecular weight is 388 g/mol. The van der Waals surface area contributed by atoms with Gasteiger partial charge in [-0.3, -0.25) is 0 Å². The molecule has 2 aromatic heterocycles. The van der Waals surface area contributed by atoms with Gasteiger partial charge in [-0.1, -0.05) is 35.5 Å². The van der Waals surface area contributed by atoms with Gasteiger partial charge in [-0.25, -0.2) is 9.48 Å². The third kappa shape index (κ3) is 3.52. The van der Waals surface area contributed by atoms with Crippen molar-refractivity contribution >= 4 is 11.0 Å². The fourth-order valence-electron chi connectivity index (χ4n) is 3.66. The summed E-state index contributed by atoms with van der Waals surface area (Å²) < 4.78 is 12.1. The predicted molar refractivity (Wildman–Crippen MR) is 108 cm³/mol. The minimum absolute atomic E-state index is 0.445. The van der Waals surface area contributed by atoms with Crippen molar-refractivity contribution in [3.05, 3.63) is 82.5 Å². The van der Waals surface area contributed by atoms with E-state index in [9.17, 15) is 4.79 Å². The van der Waals surface area contributed by atoms with Gasteiger partial charge in [0.05, 0.1) is 30.8 Å². The molecule has 7 heteroatoms. The second kappa shape index (κ2) is 7.18. The van der Waals surface area contributed by atoms with Crippen LogP contribution in [0.1, 0.15) is 23.6 Å². The van der Waals surface area contributed by atoms with Crippen molar-refractivity contribution in [2.45, 2.75) is 24.9 Å². The Kier molecular flexibility index (Phi) is 4.37. The zero-order valence-electron chi connectivity index (χ0n) is 15.9. The summed E-state index contributed by atoms with van der Waals surface area (Å²) in [4.78, 5) is 12.0. The maximum absolute atomic E-state index is 12.0. The predicted octanol–water partition coefficient (Wildman–Crippen LogP) is 3.03. The maximum atomic E-state index is 12.0. The van der Waals surface area contributed by atoms with Crippen molar-refractivity contribution in [2.75, 3.05) is 7.11 Å². The quantitative estimate of drug-likeness (QED) is 0.511. The van der Waals surface area contributed by atoms with Crippen LogP contribution in [0.2, 0.25) is 0 Å². The molecule has 0 amide bonds. The minimum atomic E-state index is -0.445. The molecule has 0 bridgehead atoms. The molecular weight excluding hydrogens is 368 g/mol. The summed E-state index contributed by atoms with van der Waals surface area (Å²) in [5.41, 5.74) is 2.82. The highest BCUT2D eigenvalue weighted by Crippen LogP contribution is 2.40. The summed E-state index contributed by atoms with van der Waals surface area (Å²) in [7, 11) is 1.57. The Morgan fingerprint density at radius 1 is 1.21 bits per heavy atom. The number of methoxy groups -OCH3 is 1. The monoisotopic (exact) mass is 388 g/mol. The summed E-state index contributed by atoms with van der Waals surface area (Å²) in [6, 6.07) is 17.8. The van der Waals surface area contributed by atoms with Crippen LogP contribution in [0.15, 0.2) is 70.0 Å². The molecule has 1 aliphatic carbocycles. The van der Waals surface area contributed by atoms with Crippen molar-refractivity contribution in [2.24, 2.45) is 0 Å². The number of nitrogens with one attached hydrogen (secondary N) is 1. The van der Waals surface area contributed by atoms with Crippen LogP contribution in [0.4, 0.5) is 0 Å². The van der Waals surface area contributed by atoms with Gasteiger partial charge in [0.25, 0.3) is 0 Å². The van der Waals surface area contributed by atoms with Crippen LogP contribution in [0.25, 0.3) is 16.7 Å². The van der Waals surface area contributed by atoms with Crippen LogP contribution in [0, 0.1) is 0 Å². The van der Waals surface area contributed by atoms with Gasteiger partial charge >= 0.3 is 5.63 Å². The Hall–Kier alpha value is -3.45. The highest BCUT2D eigenvalue weighted by Gasteiger charge is 2.37. The number of ether oxygens (including phenoxy) is 1. The van der Waals surface area contributed by atoms with E-state index >= 15 is 0 Å². The van der Waals surface area contributed by atoms with Crippen molar-refractivity contribution in [3.63, 3.8) is 0 Å². The number of benzene rings is 2. The molecule has 0 radical (unpaired) electrons. The topological polar surface area (TPSA) is 82.2 Å². The smallest absolute Gasteiger partial charge is 0.338 e. The minimum Gasteiger partial charge on any atom is -0.497 e. The zero-order valence-corrected chi connectivity index (χ0v) is 15.9. The molecule has 0 unspecified atom stereocenters. The Morgan fingerprint density at radius 3 is 2.90 bits per heavy atom. The van der Waals surface area contributed by atoms with Crippen LogP contribution >= 0.6 is 0 Å². The molecule has 1 fully saturated rings. The first-order valence-corrected chi connectivity index (χ1v) is 9.53. The molecule has 5 rings (SSSR count). The van der Waals surface area contributed by atoms with E-state index < -0.39 is 5.63 Å². The molecule has 29 heavy (non-hydrogen) atoms. The van der Waals surface area contributed by atoms with Crippen molar-refractivity contribution in [3.8, 4) is 11.4 Å². The normalized spacial score (nSPS) is 18.1. The number of rotatable bonds is 6. The SMILES string of the molecule is COc1ccc2c(-n3cc(CN[C@@H]4C[C@H]4c4ccccc4)nn3)cc(=O)oc2c1. The molecule has 2 atom stereocenters. The van der Waals surface area contributed by atoms with Crippen molar-refractivity contribution < 1.29 is 9.15 Å². The fraction of sp³-hybridized carbons (Fsp3) is 0.227. The summed E-state index contributed by atoms with van der Waals surface area (Å²) in [5.74, 6) is 1.18. The summed E-state index contributed by atoms with van der Waals surface area (Å²) in [5, 5.41) is 12.8. The number of hydrogen-bond donors (Lipinski definition) is 1. The maximum Gasteiger partial charge on any atom is 0.338 e. The standard InChI is InChI=1S/C22H20N4O3/c1-28-16-7-8-17-20(11-22(27)29-21(17)9-16)26-13-15(24-25-26)12-23-19-10-18(19)14-5-3-2-4-6-14/h2-9,11,13,18-19,23H,10,12H2,1H3/t18-,19+/m0/s1. The number of hydrogen-bond acceptors (Lipinski definition) is 6. The first kappa shape index (κ1) is 17.6. The molecule has 146 valence electrons. The van der Waals surface area contributed by atoms with Gasteiger partial charge in [0.1, 0.15) is 11.3 Å². The van der Waals surface area contributed by atoms with Gasteiger partial charge in [0, 0.05) is 30.0 Å². The Bertz CT molecular complexity index is 1220. The van der Waals surface area contributed by atoms with E-state index in [0.29, 0.717) is 35.5 Å². The summed E-state index contributed by atoms with van der Waals surface area (Å²) in [6.07, 6.45) is 2.97. The number of aromatic nitrogens is 3. The Balaban J connectivity index is 1.34. The summed E-state index contributed by atoms with van der Waals surface area (Å²) >= 11 is 0. The zero-order chi connectivity index (χ0) is 19.8. The molecule has 4 aromatic rings. The van der Waals surface area contributed by atoms with E-state index in [2.05, 4.69) is 39.9 Å². The van der Waals surface area contributed by atoms with Gasteiger partial charge in [-0.05, 0) is 24.1 Å². The van der Waals surface area contributed by atoms with Crippen LogP contribution in [0.3, 0.4) is 0 Å². The second-order valence-corrected chi connectivity index (χ2v) is 7.21. The van der Waals surface area contributed by atoms with Gasteiger partial charge in [-0.15, -0.1) is 5.10 Å². The lowest BCUT2D eigenvalue weighted by atomic mass is 10.1. The van der Waals surface area contributed by atoms with Crippen molar-refractivity contribution in [1.82, 2.24) is 20.3 Å². The third-order valence-electron chi connectivity index (χ3n) is 5.28. The van der Waals surface area contributed by atoms with Gasteiger partial charge < -0.3 is 14.5 Å². The molecule has 0 spiro atoms. The lowest BCUT2D eigenvalue weighted by Crippen LogP contribution is -2.17. The van der Waals surface area contributed by atoms with Crippen LogP contribution < -0.4 is 15.7 Å². The molecule has 7 nitrogen and oxygen atoms in total. The lowest BCUT2D eigenvalue weighted by molar-refractivity contribution is 0.414. The highest BCUT2D eigenvalue weighted by molar-refractivity contribution is 5.86. The van der Waals surface area contributed by atoms with Crippen LogP contribution in [-0.4, -0.2) is 28.1 Å². The average Bonchev–Trinajstić information content (AvgIpc) is 3.38.